The second kappa shape index (κ2) is 28.5. The number of benzene rings is 14. The first-order valence-corrected chi connectivity index (χ1v) is 43.0. The molecule has 0 saturated heterocycles. The van der Waals surface area contributed by atoms with Crippen LogP contribution in [0.1, 0.15) is 228 Å². The molecule has 4 heterocycles. The van der Waals surface area contributed by atoms with Gasteiger partial charge in [0.1, 0.15) is 0 Å². The average Bonchev–Trinajstić information content (AvgIpc) is 0.910. The number of nitrogens with zero attached hydrogens (tertiary/aromatic N) is 4. The first kappa shape index (κ1) is 66.1. The standard InChI is InChI=1S/C116H119BN4/c1-109(2,3)76-52-47-73(48-53-76)83-39-32-41-88(85-60-56-80(113(13,14)15)68-94(85)116(22,23)24)107(83)120-101-65-75(72-35-26-25-27-36-72)51-61-95(101)117-96-62-59-81(118-97-45-30-28-37-86(97)87-38-29-31-46-98(87)118)69-102(96)121(104-71-82(70-103(120)106(104)117)119-99-63-57-78(111(7,8)9)66-90(99)91-67-79(112(10,11)12)58-64-100(91)119)108-84(74-49-54-77(55-50-74)110(4,5)6)40-33-42-89(108)105-92(114(16,17)18)43-34-44-93(105)115(19,20)21/h25-71H,1-24H3/i25D,26D,27D,28D,29D,30D,31D,35D,36D,37D,38D,45D,46D. The molecule has 0 bridgehead atoms. The van der Waals surface area contributed by atoms with E-state index < -0.39 is 89.4 Å². The van der Waals surface area contributed by atoms with E-state index in [0.717, 1.165) is 150 Å². The molecule has 0 saturated carbocycles. The first-order valence-electron chi connectivity index (χ1n) is 49.5. The Morgan fingerprint density at radius 3 is 1.11 bits per heavy atom. The van der Waals surface area contributed by atoms with Crippen LogP contribution in [-0.4, -0.2) is 15.8 Å². The van der Waals surface area contributed by atoms with Crippen LogP contribution >= 0.6 is 0 Å². The Morgan fingerprint density at radius 2 is 0.628 bits per heavy atom. The van der Waals surface area contributed by atoms with Crippen molar-refractivity contribution in [1.29, 1.82) is 0 Å². The molecular weight excluding hydrogens is 1460 g/mol. The minimum Gasteiger partial charge on any atom is -0.310 e. The van der Waals surface area contributed by atoms with E-state index in [9.17, 15) is 16.4 Å². The second-order valence-corrected chi connectivity index (χ2v) is 42.1. The van der Waals surface area contributed by atoms with Gasteiger partial charge in [0, 0.05) is 72.2 Å². The van der Waals surface area contributed by atoms with E-state index in [1.54, 1.807) is 4.57 Å². The molecule has 0 unspecified atom stereocenters. The molecule has 0 amide bonds. The van der Waals surface area contributed by atoms with Gasteiger partial charge in [-0.25, -0.2) is 0 Å². The topological polar surface area (TPSA) is 16.3 Å². The summed E-state index contributed by atoms with van der Waals surface area (Å²) in [6.07, 6.45) is 0. The highest BCUT2D eigenvalue weighted by Crippen LogP contribution is 2.57. The molecule has 18 rings (SSSR count). The van der Waals surface area contributed by atoms with E-state index in [2.05, 4.69) is 369 Å². The highest BCUT2D eigenvalue weighted by molar-refractivity contribution is 7.00. The maximum atomic E-state index is 10.1. The molecule has 0 atom stereocenters. The van der Waals surface area contributed by atoms with Crippen molar-refractivity contribution in [3.05, 3.63) is 329 Å². The van der Waals surface area contributed by atoms with Gasteiger partial charge in [0.15, 0.2) is 0 Å². The summed E-state index contributed by atoms with van der Waals surface area (Å²) in [5.41, 5.74) is 24.2. The monoisotopic (exact) mass is 1590 g/mol. The summed E-state index contributed by atoms with van der Waals surface area (Å²) in [6, 6.07) is 69.6. The second-order valence-electron chi connectivity index (χ2n) is 42.1. The van der Waals surface area contributed by atoms with Gasteiger partial charge in [0.2, 0.25) is 0 Å². The molecule has 606 valence electrons. The van der Waals surface area contributed by atoms with Crippen molar-refractivity contribution in [2.24, 2.45) is 0 Å². The summed E-state index contributed by atoms with van der Waals surface area (Å²) in [4.78, 5) is 4.91. The highest BCUT2D eigenvalue weighted by Gasteiger charge is 2.47. The number of hydrogen-bond donors (Lipinski definition) is 0. The molecule has 5 heteroatoms. The lowest BCUT2D eigenvalue weighted by molar-refractivity contribution is 0.569. The third-order valence-corrected chi connectivity index (χ3v) is 25.5. The largest absolute Gasteiger partial charge is 0.310 e. The number of hydrogen-bond acceptors (Lipinski definition) is 2. The van der Waals surface area contributed by atoms with Crippen molar-refractivity contribution in [2.75, 3.05) is 9.80 Å². The van der Waals surface area contributed by atoms with Crippen molar-refractivity contribution in [1.82, 2.24) is 9.13 Å². The van der Waals surface area contributed by atoms with Crippen LogP contribution < -0.4 is 26.2 Å². The number of para-hydroxylation sites is 4. The van der Waals surface area contributed by atoms with Crippen molar-refractivity contribution >= 4 is 101 Å². The molecule has 4 nitrogen and oxygen atoms in total. The van der Waals surface area contributed by atoms with Gasteiger partial charge >= 0.3 is 0 Å². The average molecular weight is 1590 g/mol. The molecule has 0 fully saturated rings. The summed E-state index contributed by atoms with van der Waals surface area (Å²) in [6.45, 7) is 53.4. The molecule has 121 heavy (non-hydrogen) atoms. The molecular formula is C116H119BN4. The van der Waals surface area contributed by atoms with Crippen molar-refractivity contribution in [3.63, 3.8) is 0 Å². The lowest BCUT2D eigenvalue weighted by atomic mass is 9.33. The van der Waals surface area contributed by atoms with Gasteiger partial charge in [0.05, 0.1) is 56.9 Å². The zero-order chi connectivity index (χ0) is 96.8. The van der Waals surface area contributed by atoms with E-state index >= 15 is 0 Å². The first-order chi connectivity index (χ1) is 62.5. The van der Waals surface area contributed by atoms with Crippen molar-refractivity contribution < 1.29 is 17.8 Å². The SMILES string of the molecule is [2H]c1c([2H])c([2H])c(-c2ccc3c(c2)N(c2c(-c4ccc(C(C)(C)C)cc4)cccc2-c2ccc(C(C)(C)C)cc2C(C)(C)C)c2cc(-n4c5ccc(C(C)(C)C)cc5c5cc(C(C)(C)C)ccc54)cc4c2B3c2ccc(-n3c5c([2H])c([2H])c([2H])c([2H])c5c5c([2H])c([2H])c([2H])c([2H])c53)cc2N4c2c(-c3ccc(C(C)(C)C)cc3)cccc2-c2c(C(C)(C)C)cccc2C(C)(C)C)c([2H])c1[2H]. The Morgan fingerprint density at radius 1 is 0.248 bits per heavy atom. The van der Waals surface area contributed by atoms with Crippen LogP contribution in [0.15, 0.2) is 285 Å². The number of fused-ring (bicyclic) bond motifs is 10. The predicted molar refractivity (Wildman–Crippen MR) is 526 cm³/mol. The fourth-order valence-corrected chi connectivity index (χ4v) is 18.9. The fraction of sp³-hybridized carbons (Fsp3) is 0.276. The van der Waals surface area contributed by atoms with Crippen LogP contribution in [-0.2, 0) is 43.3 Å². The van der Waals surface area contributed by atoms with E-state index in [1.807, 2.05) is 18.2 Å². The van der Waals surface area contributed by atoms with Crippen LogP contribution in [0.4, 0.5) is 34.1 Å². The maximum Gasteiger partial charge on any atom is 0.252 e. The highest BCUT2D eigenvalue weighted by atomic mass is 15.2. The van der Waals surface area contributed by atoms with Gasteiger partial charge in [-0.3, -0.25) is 0 Å². The summed E-state index contributed by atoms with van der Waals surface area (Å²) >= 11 is 0. The lowest BCUT2D eigenvalue weighted by Gasteiger charge is -2.46. The normalized spacial score (nSPS) is 15.1. The Kier molecular flexibility index (Phi) is 15.6. The Hall–Kier alpha value is -11.7. The van der Waals surface area contributed by atoms with Crippen LogP contribution in [0.5, 0.6) is 0 Å². The number of aromatic nitrogens is 2. The van der Waals surface area contributed by atoms with Crippen molar-refractivity contribution in [2.45, 2.75) is 209 Å². The molecule has 0 N–H and O–H groups in total. The lowest BCUT2D eigenvalue weighted by Crippen LogP contribution is -2.61. The zero-order valence-electron chi connectivity index (χ0n) is 88.0. The Bertz CT molecular complexity index is 7460. The van der Waals surface area contributed by atoms with E-state index in [0.29, 0.717) is 22.6 Å². The summed E-state index contributed by atoms with van der Waals surface area (Å²) in [7, 11) is 0. The molecule has 0 spiro atoms. The summed E-state index contributed by atoms with van der Waals surface area (Å²) in [5, 5.41) is 2.01. The third kappa shape index (κ3) is 13.9. The van der Waals surface area contributed by atoms with Crippen LogP contribution in [0, 0.1) is 0 Å². The summed E-state index contributed by atoms with van der Waals surface area (Å²) < 4.78 is 130. The minimum atomic E-state index is -0.782. The van der Waals surface area contributed by atoms with Crippen LogP contribution in [0.3, 0.4) is 0 Å². The molecule has 16 aromatic rings. The molecule has 2 aliphatic heterocycles. The van der Waals surface area contributed by atoms with E-state index in [-0.39, 0.29) is 66.5 Å². The van der Waals surface area contributed by atoms with Gasteiger partial charge in [-0.05, 0) is 204 Å². The van der Waals surface area contributed by atoms with Crippen LogP contribution in [0.2, 0.25) is 0 Å². The van der Waals surface area contributed by atoms with Gasteiger partial charge < -0.3 is 18.9 Å². The van der Waals surface area contributed by atoms with Gasteiger partial charge in [-0.2, -0.15) is 0 Å². The smallest absolute Gasteiger partial charge is 0.252 e. The third-order valence-electron chi connectivity index (χ3n) is 25.5. The van der Waals surface area contributed by atoms with Gasteiger partial charge in [0.25, 0.3) is 6.71 Å². The quantitative estimate of drug-likeness (QED) is 0.134. The molecule has 2 aliphatic rings. The molecule has 2 aromatic heterocycles. The number of anilines is 6. The minimum absolute atomic E-state index is 0.0272. The Balaban J connectivity index is 1.13. The summed E-state index contributed by atoms with van der Waals surface area (Å²) in [5.74, 6) is 0. The maximum absolute atomic E-state index is 10.1. The zero-order valence-corrected chi connectivity index (χ0v) is 75.0. The van der Waals surface area contributed by atoms with Crippen molar-refractivity contribution in [3.8, 4) is 67.0 Å². The molecule has 0 aliphatic carbocycles. The van der Waals surface area contributed by atoms with Gasteiger partial charge in [-0.1, -0.05) is 384 Å². The van der Waals surface area contributed by atoms with E-state index in [4.69, 9.17) is 1.37 Å². The number of rotatable bonds is 9. The Labute approximate surface area is 739 Å². The van der Waals surface area contributed by atoms with Crippen LogP contribution in [0.25, 0.3) is 111 Å². The van der Waals surface area contributed by atoms with Gasteiger partial charge in [-0.15, -0.1) is 0 Å². The van der Waals surface area contributed by atoms with E-state index in [1.165, 1.54) is 5.56 Å². The molecule has 0 radical (unpaired) electrons. The molecule has 14 aromatic carbocycles. The predicted octanol–water partition coefficient (Wildman–Crippen LogP) is 30.7. The fourth-order valence-electron chi connectivity index (χ4n) is 18.9.